The van der Waals surface area contributed by atoms with Gasteiger partial charge in [-0.1, -0.05) is 12.8 Å². The summed E-state index contributed by atoms with van der Waals surface area (Å²) in [6.07, 6.45) is 6.63. The Morgan fingerprint density at radius 2 is 2.17 bits per heavy atom. The molecule has 0 saturated heterocycles. The van der Waals surface area contributed by atoms with E-state index in [1.54, 1.807) is 6.26 Å². The summed E-state index contributed by atoms with van der Waals surface area (Å²) in [6, 6.07) is 4.29. The van der Waals surface area contributed by atoms with Crippen molar-refractivity contribution in [2.45, 2.75) is 37.6 Å². The van der Waals surface area contributed by atoms with Crippen molar-refractivity contribution in [1.82, 2.24) is 0 Å². The summed E-state index contributed by atoms with van der Waals surface area (Å²) in [5.74, 6) is 1.54. The summed E-state index contributed by atoms with van der Waals surface area (Å²) in [4.78, 5) is 0. The van der Waals surface area contributed by atoms with Crippen LogP contribution in [0.3, 0.4) is 0 Å². The van der Waals surface area contributed by atoms with Gasteiger partial charge in [0.25, 0.3) is 0 Å². The van der Waals surface area contributed by atoms with Crippen molar-refractivity contribution in [3.8, 4) is 0 Å². The minimum absolute atomic E-state index is 0.310. The molecule has 1 saturated carbocycles. The molecular formula is C10H15NO. The van der Waals surface area contributed by atoms with Crippen molar-refractivity contribution in [2.24, 2.45) is 5.73 Å². The second-order valence-corrected chi connectivity index (χ2v) is 3.57. The Balaban J connectivity index is 2.11. The van der Waals surface area contributed by atoms with Crippen LogP contribution in [0.15, 0.2) is 22.8 Å². The molecule has 0 spiro atoms. The summed E-state index contributed by atoms with van der Waals surface area (Å²) in [7, 11) is 0. The summed E-state index contributed by atoms with van der Waals surface area (Å²) in [6.45, 7) is 0. The van der Waals surface area contributed by atoms with Crippen molar-refractivity contribution >= 4 is 0 Å². The number of nitrogens with two attached hydrogens (primary N) is 1. The lowest BCUT2D eigenvalue weighted by molar-refractivity contribution is 0.335. The van der Waals surface area contributed by atoms with E-state index < -0.39 is 0 Å². The van der Waals surface area contributed by atoms with E-state index in [0.29, 0.717) is 12.0 Å². The molecule has 66 valence electrons. The fourth-order valence-electron chi connectivity index (χ4n) is 2.02. The second-order valence-electron chi connectivity index (χ2n) is 3.57. The first-order chi connectivity index (χ1) is 5.88. The minimum Gasteiger partial charge on any atom is -0.469 e. The van der Waals surface area contributed by atoms with E-state index in [0.717, 1.165) is 12.2 Å². The van der Waals surface area contributed by atoms with Crippen LogP contribution in [0.5, 0.6) is 0 Å². The van der Waals surface area contributed by atoms with E-state index in [-0.39, 0.29) is 0 Å². The molecule has 0 radical (unpaired) electrons. The highest BCUT2D eigenvalue weighted by atomic mass is 16.3. The molecule has 12 heavy (non-hydrogen) atoms. The maximum atomic E-state index is 6.01. The lowest BCUT2D eigenvalue weighted by atomic mass is 9.83. The molecule has 0 aliphatic heterocycles. The maximum absolute atomic E-state index is 6.01. The Morgan fingerprint density at radius 1 is 1.33 bits per heavy atom. The van der Waals surface area contributed by atoms with Gasteiger partial charge in [0.05, 0.1) is 6.26 Å². The largest absolute Gasteiger partial charge is 0.469 e. The van der Waals surface area contributed by atoms with Crippen molar-refractivity contribution < 1.29 is 4.42 Å². The Hall–Kier alpha value is -0.760. The van der Waals surface area contributed by atoms with Gasteiger partial charge in [-0.2, -0.15) is 0 Å². The fraction of sp³-hybridized carbons (Fsp3) is 0.600. The van der Waals surface area contributed by atoms with Gasteiger partial charge in [0, 0.05) is 12.0 Å². The molecular weight excluding hydrogens is 150 g/mol. The number of hydrogen-bond donors (Lipinski definition) is 1. The van der Waals surface area contributed by atoms with E-state index in [1.807, 2.05) is 12.1 Å². The van der Waals surface area contributed by atoms with E-state index >= 15 is 0 Å². The molecule has 2 atom stereocenters. The highest BCUT2D eigenvalue weighted by Gasteiger charge is 2.24. The van der Waals surface area contributed by atoms with Crippen LogP contribution < -0.4 is 5.73 Å². The zero-order valence-corrected chi connectivity index (χ0v) is 7.20. The lowest BCUT2D eigenvalue weighted by Gasteiger charge is -2.26. The molecule has 1 aliphatic rings. The van der Waals surface area contributed by atoms with Gasteiger partial charge < -0.3 is 10.2 Å². The molecule has 2 N–H and O–H groups in total. The summed E-state index contributed by atoms with van der Waals surface area (Å²) in [5, 5.41) is 0. The molecule has 0 amide bonds. The zero-order chi connectivity index (χ0) is 8.39. The summed E-state index contributed by atoms with van der Waals surface area (Å²) < 4.78 is 5.36. The van der Waals surface area contributed by atoms with Gasteiger partial charge in [0.15, 0.2) is 0 Å². The van der Waals surface area contributed by atoms with Gasteiger partial charge in [-0.3, -0.25) is 0 Å². The molecule has 1 fully saturated rings. The van der Waals surface area contributed by atoms with Crippen molar-refractivity contribution in [2.75, 3.05) is 0 Å². The first-order valence-electron chi connectivity index (χ1n) is 4.67. The Kier molecular flexibility index (Phi) is 2.17. The number of rotatable bonds is 1. The molecule has 2 nitrogen and oxygen atoms in total. The minimum atomic E-state index is 0.310. The normalized spacial score (nSPS) is 30.4. The van der Waals surface area contributed by atoms with Crippen LogP contribution in [0.2, 0.25) is 0 Å². The summed E-state index contributed by atoms with van der Waals surface area (Å²) in [5.41, 5.74) is 6.01. The molecule has 2 rings (SSSR count). The van der Waals surface area contributed by atoms with Crippen molar-refractivity contribution in [1.29, 1.82) is 0 Å². The van der Waals surface area contributed by atoms with Gasteiger partial charge in [-0.15, -0.1) is 0 Å². The van der Waals surface area contributed by atoms with Crippen LogP contribution >= 0.6 is 0 Å². The van der Waals surface area contributed by atoms with Gasteiger partial charge >= 0.3 is 0 Å². The quantitative estimate of drug-likeness (QED) is 0.693. The first-order valence-corrected chi connectivity index (χ1v) is 4.67. The van der Waals surface area contributed by atoms with E-state index in [1.165, 1.54) is 19.3 Å². The average Bonchev–Trinajstić information content (AvgIpc) is 2.57. The Labute approximate surface area is 72.7 Å². The van der Waals surface area contributed by atoms with Gasteiger partial charge in [0.2, 0.25) is 0 Å². The molecule has 1 heterocycles. The summed E-state index contributed by atoms with van der Waals surface area (Å²) >= 11 is 0. The average molecular weight is 165 g/mol. The Morgan fingerprint density at radius 3 is 2.83 bits per heavy atom. The second kappa shape index (κ2) is 3.31. The van der Waals surface area contributed by atoms with Crippen molar-refractivity contribution in [3.05, 3.63) is 24.2 Å². The van der Waals surface area contributed by atoms with Crippen LogP contribution in [0.25, 0.3) is 0 Å². The third kappa shape index (κ3) is 1.39. The number of furan rings is 1. The molecule has 0 aromatic carbocycles. The van der Waals surface area contributed by atoms with Crippen LogP contribution in [-0.4, -0.2) is 6.04 Å². The first kappa shape index (κ1) is 7.87. The van der Waals surface area contributed by atoms with Crippen molar-refractivity contribution in [3.63, 3.8) is 0 Å². The highest BCUT2D eigenvalue weighted by Crippen LogP contribution is 2.31. The SMILES string of the molecule is NC1CCCCC1c1ccco1. The zero-order valence-electron chi connectivity index (χ0n) is 7.20. The molecule has 1 aliphatic carbocycles. The molecule has 2 heteroatoms. The molecule has 1 aromatic heterocycles. The third-order valence-electron chi connectivity index (χ3n) is 2.73. The van der Waals surface area contributed by atoms with E-state index in [4.69, 9.17) is 10.2 Å². The predicted octanol–water partition coefficient (Wildman–Crippen LogP) is 2.26. The van der Waals surface area contributed by atoms with Gasteiger partial charge in [-0.05, 0) is 25.0 Å². The Bertz CT molecular complexity index is 230. The van der Waals surface area contributed by atoms with E-state index in [9.17, 15) is 0 Å². The third-order valence-corrected chi connectivity index (χ3v) is 2.73. The van der Waals surface area contributed by atoms with Crippen LogP contribution in [0.4, 0.5) is 0 Å². The highest BCUT2D eigenvalue weighted by molar-refractivity contribution is 5.09. The van der Waals surface area contributed by atoms with E-state index in [2.05, 4.69) is 0 Å². The standard InChI is InChI=1S/C10H15NO/c11-9-5-2-1-4-8(9)10-6-3-7-12-10/h3,6-9H,1-2,4-5,11H2. The van der Waals surface area contributed by atoms with Gasteiger partial charge in [-0.25, -0.2) is 0 Å². The van der Waals surface area contributed by atoms with Crippen LogP contribution in [0.1, 0.15) is 37.4 Å². The fourth-order valence-corrected chi connectivity index (χ4v) is 2.02. The monoisotopic (exact) mass is 165 g/mol. The lowest BCUT2D eigenvalue weighted by Crippen LogP contribution is -2.30. The maximum Gasteiger partial charge on any atom is 0.108 e. The molecule has 1 aromatic rings. The smallest absolute Gasteiger partial charge is 0.108 e. The van der Waals surface area contributed by atoms with Crippen LogP contribution in [-0.2, 0) is 0 Å². The molecule has 0 bridgehead atoms. The predicted molar refractivity (Wildman–Crippen MR) is 47.9 cm³/mol. The molecule has 2 unspecified atom stereocenters. The number of hydrogen-bond acceptors (Lipinski definition) is 2. The van der Waals surface area contributed by atoms with Gasteiger partial charge in [0.1, 0.15) is 5.76 Å². The topological polar surface area (TPSA) is 39.2 Å². The van der Waals surface area contributed by atoms with Crippen LogP contribution in [0, 0.1) is 0 Å².